The summed E-state index contributed by atoms with van der Waals surface area (Å²) in [4.78, 5) is 9.65. The van der Waals surface area contributed by atoms with E-state index in [1.165, 1.54) is 12.8 Å². The molecule has 0 bridgehead atoms. The van der Waals surface area contributed by atoms with Crippen molar-refractivity contribution in [3.05, 3.63) is 64.1 Å². The molecular weight excluding hydrogens is 499 g/mol. The van der Waals surface area contributed by atoms with Crippen molar-refractivity contribution in [1.29, 1.82) is 0 Å². The lowest BCUT2D eigenvalue weighted by atomic mass is 10.1. The van der Waals surface area contributed by atoms with Gasteiger partial charge in [-0.15, -0.1) is 0 Å². The first kappa shape index (κ1) is 20.4. The lowest BCUT2D eigenvalue weighted by Gasteiger charge is -2.13. The molecule has 0 unspecified atom stereocenters. The van der Waals surface area contributed by atoms with Gasteiger partial charge in [-0.3, -0.25) is 4.98 Å². The smallest absolute Gasteiger partial charge is 0.165 e. The van der Waals surface area contributed by atoms with Crippen molar-refractivity contribution >= 4 is 34.1 Å². The third-order valence-corrected chi connectivity index (χ3v) is 7.21. The Bertz CT molecular complexity index is 1200. The van der Waals surface area contributed by atoms with Crippen LogP contribution in [0.2, 0.25) is 0 Å². The quantitative estimate of drug-likeness (QED) is 0.370. The van der Waals surface area contributed by atoms with Crippen LogP contribution in [0.5, 0.6) is 0 Å². The maximum absolute atomic E-state index is 6.44. The van der Waals surface area contributed by atoms with Crippen molar-refractivity contribution in [3.8, 4) is 22.4 Å². The Balaban J connectivity index is 1.46. The number of nitrogens with zero attached hydrogens (tertiary/aromatic N) is 4. The van der Waals surface area contributed by atoms with Gasteiger partial charge in [-0.1, -0.05) is 36.4 Å². The Morgan fingerprint density at radius 3 is 2.65 bits per heavy atom. The molecule has 1 aliphatic rings. The minimum absolute atomic E-state index is 0.559. The van der Waals surface area contributed by atoms with Gasteiger partial charge in [0.05, 0.1) is 21.2 Å². The van der Waals surface area contributed by atoms with Crippen molar-refractivity contribution in [2.45, 2.75) is 44.7 Å². The molecule has 3 N–H and O–H groups in total. The van der Waals surface area contributed by atoms with Gasteiger partial charge >= 0.3 is 0 Å². The molecule has 3 aromatic heterocycles. The van der Waals surface area contributed by atoms with Gasteiger partial charge in [-0.2, -0.15) is 9.61 Å². The van der Waals surface area contributed by atoms with Crippen molar-refractivity contribution in [2.75, 3.05) is 5.73 Å². The third-order valence-electron chi connectivity index (χ3n) is 6.03. The molecule has 0 amide bonds. The zero-order chi connectivity index (χ0) is 21.4. The Hall–Kier alpha value is -2.52. The molecule has 0 spiro atoms. The second kappa shape index (κ2) is 8.55. The average Bonchev–Trinajstić information content (AvgIpc) is 3.42. The number of halogens is 1. The van der Waals surface area contributed by atoms with E-state index in [4.69, 9.17) is 10.7 Å². The number of nitrogens with two attached hydrogens (primary N) is 1. The van der Waals surface area contributed by atoms with E-state index in [1.54, 1.807) is 4.52 Å². The molecule has 0 radical (unpaired) electrons. The zero-order valence-corrected chi connectivity index (χ0v) is 19.6. The number of aryl methyl sites for hydroxylation is 1. The first-order chi connectivity index (χ1) is 15.1. The number of benzene rings is 1. The van der Waals surface area contributed by atoms with E-state index in [-0.39, 0.29) is 0 Å². The zero-order valence-electron chi connectivity index (χ0n) is 17.4. The number of hydrogen-bond acceptors (Lipinski definition) is 5. The molecule has 1 aliphatic heterocycles. The van der Waals surface area contributed by atoms with Gasteiger partial charge < -0.3 is 11.1 Å². The monoisotopic (exact) mass is 524 g/mol. The highest BCUT2D eigenvalue weighted by Gasteiger charge is 2.22. The number of rotatable bonds is 5. The third kappa shape index (κ3) is 4.04. The predicted octanol–water partition coefficient (Wildman–Crippen LogP) is 4.72. The summed E-state index contributed by atoms with van der Waals surface area (Å²) in [5.74, 6) is 0.647. The topological polar surface area (TPSA) is 81.1 Å². The second-order valence-corrected chi connectivity index (χ2v) is 9.31. The Labute approximate surface area is 195 Å². The number of nitrogens with one attached hydrogen (secondary N) is 1. The molecule has 0 saturated carbocycles. The van der Waals surface area contributed by atoms with Crippen molar-refractivity contribution in [3.63, 3.8) is 0 Å². The molecule has 1 aromatic carbocycles. The largest absolute Gasteiger partial charge is 0.383 e. The fourth-order valence-corrected chi connectivity index (χ4v) is 4.92. The summed E-state index contributed by atoms with van der Waals surface area (Å²) >= 11 is 2.30. The minimum Gasteiger partial charge on any atom is -0.383 e. The van der Waals surface area contributed by atoms with Gasteiger partial charge in [-0.05, 0) is 61.3 Å². The number of anilines is 1. The summed E-state index contributed by atoms with van der Waals surface area (Å²) in [7, 11) is 0. The summed E-state index contributed by atoms with van der Waals surface area (Å²) in [6, 6.07) is 15.5. The van der Waals surface area contributed by atoms with E-state index in [9.17, 15) is 0 Å². The predicted molar refractivity (Wildman–Crippen MR) is 133 cm³/mol. The molecule has 4 aromatic rings. The first-order valence-electron chi connectivity index (χ1n) is 10.7. The van der Waals surface area contributed by atoms with Crippen LogP contribution in [0.25, 0.3) is 28.0 Å². The van der Waals surface area contributed by atoms with E-state index in [0.717, 1.165) is 50.1 Å². The number of fused-ring (bicyclic) bond motifs is 1. The molecule has 31 heavy (non-hydrogen) atoms. The summed E-state index contributed by atoms with van der Waals surface area (Å²) in [6.07, 6.45) is 8.16. The van der Waals surface area contributed by atoms with Crippen LogP contribution in [0.3, 0.4) is 0 Å². The molecule has 4 heterocycles. The fraction of sp³-hybridized carbons (Fsp3) is 0.292. The highest BCUT2D eigenvalue weighted by atomic mass is 127. The van der Waals surface area contributed by atoms with E-state index in [2.05, 4.69) is 63.1 Å². The molecule has 5 rings (SSSR count). The molecule has 2 atom stereocenters. The van der Waals surface area contributed by atoms with Crippen LogP contribution in [0.4, 0.5) is 5.82 Å². The van der Waals surface area contributed by atoms with E-state index < -0.39 is 0 Å². The van der Waals surface area contributed by atoms with E-state index >= 15 is 0 Å². The summed E-state index contributed by atoms with van der Waals surface area (Å²) in [6.45, 7) is 2.25. The van der Waals surface area contributed by atoms with Gasteiger partial charge in [0, 0.05) is 35.0 Å². The van der Waals surface area contributed by atoms with Gasteiger partial charge in [0.25, 0.3) is 0 Å². The highest BCUT2D eigenvalue weighted by Crippen LogP contribution is 2.29. The standard InChI is InChI=1S/C24H25IN6/c1-15-7-9-18(29-15)10-12-21-22(25)23(26)31-24(30-21)19(14-28-31)17-8-11-20(27-13-17)16-5-3-2-4-6-16/h2-6,8,11,13-15,18,29H,7,9-10,12,26H2,1H3/t15-,18-/m1/s1. The summed E-state index contributed by atoms with van der Waals surface area (Å²) in [5.41, 5.74) is 12.2. The van der Waals surface area contributed by atoms with Crippen LogP contribution in [0, 0.1) is 3.57 Å². The van der Waals surface area contributed by atoms with E-state index in [0.29, 0.717) is 17.9 Å². The van der Waals surface area contributed by atoms with Crippen molar-refractivity contribution in [2.24, 2.45) is 0 Å². The van der Waals surface area contributed by atoms with Crippen LogP contribution >= 0.6 is 22.6 Å². The highest BCUT2D eigenvalue weighted by molar-refractivity contribution is 14.1. The maximum Gasteiger partial charge on any atom is 0.165 e. The molecule has 0 aliphatic carbocycles. The Morgan fingerprint density at radius 1 is 1.10 bits per heavy atom. The molecule has 7 heteroatoms. The molecule has 1 saturated heterocycles. The Morgan fingerprint density at radius 2 is 1.94 bits per heavy atom. The van der Waals surface area contributed by atoms with Crippen molar-refractivity contribution < 1.29 is 0 Å². The maximum atomic E-state index is 6.44. The van der Waals surface area contributed by atoms with Crippen LogP contribution in [0.15, 0.2) is 54.9 Å². The van der Waals surface area contributed by atoms with Crippen LogP contribution in [-0.4, -0.2) is 31.7 Å². The summed E-state index contributed by atoms with van der Waals surface area (Å²) < 4.78 is 2.73. The number of pyridine rings is 1. The Kier molecular flexibility index (Phi) is 5.62. The first-order valence-corrected chi connectivity index (χ1v) is 11.8. The van der Waals surface area contributed by atoms with Gasteiger partial charge in [0.2, 0.25) is 0 Å². The molecular formula is C24H25IN6. The lowest BCUT2D eigenvalue weighted by molar-refractivity contribution is 0.524. The van der Waals surface area contributed by atoms with Crippen LogP contribution < -0.4 is 11.1 Å². The van der Waals surface area contributed by atoms with Crippen molar-refractivity contribution in [1.82, 2.24) is 24.9 Å². The average molecular weight is 524 g/mol. The second-order valence-electron chi connectivity index (χ2n) is 8.23. The minimum atomic E-state index is 0.559. The van der Waals surface area contributed by atoms with Crippen LogP contribution in [0.1, 0.15) is 31.9 Å². The van der Waals surface area contributed by atoms with Gasteiger partial charge in [0.15, 0.2) is 5.65 Å². The number of hydrogen-bond donors (Lipinski definition) is 2. The van der Waals surface area contributed by atoms with E-state index in [1.807, 2.05) is 36.7 Å². The number of nitrogen functional groups attached to an aromatic ring is 1. The lowest BCUT2D eigenvalue weighted by Crippen LogP contribution is -2.27. The van der Waals surface area contributed by atoms with Gasteiger partial charge in [0.1, 0.15) is 5.82 Å². The molecule has 6 nitrogen and oxygen atoms in total. The molecule has 1 fully saturated rings. The molecule has 158 valence electrons. The normalized spacial score (nSPS) is 18.6. The fourth-order valence-electron chi connectivity index (χ4n) is 4.30. The SMILES string of the molecule is C[C@@H]1CC[C@H](CCc2nc3c(-c4ccc(-c5ccccc5)nc4)cnn3c(N)c2I)N1. The summed E-state index contributed by atoms with van der Waals surface area (Å²) in [5, 5.41) is 8.17. The van der Waals surface area contributed by atoms with Gasteiger partial charge in [-0.25, -0.2) is 4.98 Å². The van der Waals surface area contributed by atoms with Crippen LogP contribution in [-0.2, 0) is 6.42 Å². The number of aromatic nitrogens is 4.